The molecule has 1 fully saturated rings. The monoisotopic (exact) mass is 235 g/mol. The SMILES string of the molecule is Cn1cc(C=O)c(CN2CCC(C)(C)CC2)n1. The molecule has 0 atom stereocenters. The number of piperidine rings is 1. The number of rotatable bonds is 3. The summed E-state index contributed by atoms with van der Waals surface area (Å²) in [5, 5.41) is 4.36. The van der Waals surface area contributed by atoms with Crippen molar-refractivity contribution < 1.29 is 4.79 Å². The van der Waals surface area contributed by atoms with Gasteiger partial charge in [-0.25, -0.2) is 0 Å². The van der Waals surface area contributed by atoms with Gasteiger partial charge in [0.05, 0.1) is 11.3 Å². The summed E-state index contributed by atoms with van der Waals surface area (Å²) >= 11 is 0. The molecule has 0 spiro atoms. The lowest BCUT2D eigenvalue weighted by Crippen LogP contribution is -2.37. The van der Waals surface area contributed by atoms with Crippen LogP contribution in [0.3, 0.4) is 0 Å². The summed E-state index contributed by atoms with van der Waals surface area (Å²) in [6.07, 6.45) is 5.12. The molecule has 4 nitrogen and oxygen atoms in total. The van der Waals surface area contributed by atoms with Crippen LogP contribution in [0.25, 0.3) is 0 Å². The second kappa shape index (κ2) is 4.61. The molecule has 1 saturated heterocycles. The first-order chi connectivity index (χ1) is 8.00. The quantitative estimate of drug-likeness (QED) is 0.750. The first kappa shape index (κ1) is 12.3. The molecular formula is C13H21N3O. The van der Waals surface area contributed by atoms with Crippen LogP contribution in [0.15, 0.2) is 6.20 Å². The van der Waals surface area contributed by atoms with Gasteiger partial charge < -0.3 is 0 Å². The van der Waals surface area contributed by atoms with E-state index in [4.69, 9.17) is 0 Å². The van der Waals surface area contributed by atoms with Gasteiger partial charge in [-0.3, -0.25) is 14.4 Å². The number of aromatic nitrogens is 2. The van der Waals surface area contributed by atoms with Crippen LogP contribution in [-0.2, 0) is 13.6 Å². The van der Waals surface area contributed by atoms with Crippen LogP contribution in [0.5, 0.6) is 0 Å². The molecule has 94 valence electrons. The van der Waals surface area contributed by atoms with Crippen molar-refractivity contribution in [2.45, 2.75) is 33.2 Å². The average molecular weight is 235 g/mol. The fraction of sp³-hybridized carbons (Fsp3) is 0.692. The topological polar surface area (TPSA) is 38.1 Å². The highest BCUT2D eigenvalue weighted by Crippen LogP contribution is 2.30. The van der Waals surface area contributed by atoms with Crippen LogP contribution in [0, 0.1) is 5.41 Å². The third-order valence-electron chi connectivity index (χ3n) is 3.65. The molecule has 0 saturated carbocycles. The molecule has 2 heterocycles. The summed E-state index contributed by atoms with van der Waals surface area (Å²) in [6, 6.07) is 0. The molecular weight excluding hydrogens is 214 g/mol. The van der Waals surface area contributed by atoms with Gasteiger partial charge in [-0.15, -0.1) is 0 Å². The summed E-state index contributed by atoms with van der Waals surface area (Å²) in [5.74, 6) is 0. The zero-order valence-electron chi connectivity index (χ0n) is 10.9. The minimum atomic E-state index is 0.466. The molecule has 17 heavy (non-hydrogen) atoms. The van der Waals surface area contributed by atoms with Crippen molar-refractivity contribution in [3.05, 3.63) is 17.5 Å². The standard InChI is InChI=1S/C13H21N3O/c1-13(2)4-6-16(7-5-13)9-12-11(10-17)8-15(3)14-12/h8,10H,4-7,9H2,1-3H3. The minimum absolute atomic E-state index is 0.466. The number of hydrogen-bond acceptors (Lipinski definition) is 3. The van der Waals surface area contributed by atoms with Crippen molar-refractivity contribution in [3.8, 4) is 0 Å². The lowest BCUT2D eigenvalue weighted by Gasteiger charge is -2.36. The molecule has 4 heteroatoms. The molecule has 0 radical (unpaired) electrons. The van der Waals surface area contributed by atoms with Crippen LogP contribution >= 0.6 is 0 Å². The number of carbonyl (C=O) groups is 1. The van der Waals surface area contributed by atoms with Crippen molar-refractivity contribution in [3.63, 3.8) is 0 Å². The van der Waals surface area contributed by atoms with E-state index in [1.807, 2.05) is 7.05 Å². The van der Waals surface area contributed by atoms with Gasteiger partial charge in [-0.05, 0) is 31.3 Å². The zero-order valence-corrected chi connectivity index (χ0v) is 10.9. The second-order valence-electron chi connectivity index (χ2n) is 5.76. The Morgan fingerprint density at radius 1 is 1.41 bits per heavy atom. The van der Waals surface area contributed by atoms with Gasteiger partial charge in [0.15, 0.2) is 6.29 Å². The number of nitrogens with zero attached hydrogens (tertiary/aromatic N) is 3. The first-order valence-electron chi connectivity index (χ1n) is 6.20. The van der Waals surface area contributed by atoms with E-state index in [-0.39, 0.29) is 0 Å². The second-order valence-corrected chi connectivity index (χ2v) is 5.76. The molecule has 0 aliphatic carbocycles. The van der Waals surface area contributed by atoms with Crippen molar-refractivity contribution in [1.82, 2.24) is 14.7 Å². The minimum Gasteiger partial charge on any atom is -0.298 e. The summed E-state index contributed by atoms with van der Waals surface area (Å²) in [7, 11) is 1.86. The Hall–Kier alpha value is -1.16. The predicted octanol–water partition coefficient (Wildman–Crippen LogP) is 1.85. The average Bonchev–Trinajstić information content (AvgIpc) is 2.62. The number of likely N-dealkylation sites (tertiary alicyclic amines) is 1. The first-order valence-corrected chi connectivity index (χ1v) is 6.20. The van der Waals surface area contributed by atoms with Crippen LogP contribution in [-0.4, -0.2) is 34.1 Å². The fourth-order valence-corrected chi connectivity index (χ4v) is 2.30. The number of hydrogen-bond donors (Lipinski definition) is 0. The molecule has 0 aromatic carbocycles. The summed E-state index contributed by atoms with van der Waals surface area (Å²) in [6.45, 7) is 7.64. The Morgan fingerprint density at radius 2 is 2.06 bits per heavy atom. The molecule has 1 aromatic rings. The highest BCUT2D eigenvalue weighted by Gasteiger charge is 2.26. The normalized spacial score (nSPS) is 20.4. The van der Waals surface area contributed by atoms with E-state index in [1.54, 1.807) is 10.9 Å². The Balaban J connectivity index is 1.99. The van der Waals surface area contributed by atoms with Crippen molar-refractivity contribution in [1.29, 1.82) is 0 Å². The number of carbonyl (C=O) groups excluding carboxylic acids is 1. The summed E-state index contributed by atoms with van der Waals surface area (Å²) < 4.78 is 1.72. The third-order valence-corrected chi connectivity index (χ3v) is 3.65. The van der Waals surface area contributed by atoms with E-state index in [9.17, 15) is 4.79 Å². The summed E-state index contributed by atoms with van der Waals surface area (Å²) in [4.78, 5) is 13.3. The lowest BCUT2D eigenvalue weighted by molar-refractivity contribution is 0.111. The Bertz CT molecular complexity index is 399. The smallest absolute Gasteiger partial charge is 0.153 e. The van der Waals surface area contributed by atoms with E-state index >= 15 is 0 Å². The van der Waals surface area contributed by atoms with Crippen molar-refractivity contribution >= 4 is 6.29 Å². The van der Waals surface area contributed by atoms with Crippen molar-refractivity contribution in [2.24, 2.45) is 12.5 Å². The van der Waals surface area contributed by atoms with E-state index in [1.165, 1.54) is 12.8 Å². The molecule has 0 N–H and O–H groups in total. The van der Waals surface area contributed by atoms with E-state index in [2.05, 4.69) is 23.8 Å². The maximum absolute atomic E-state index is 10.9. The van der Waals surface area contributed by atoms with Crippen LogP contribution in [0.2, 0.25) is 0 Å². The highest BCUT2D eigenvalue weighted by molar-refractivity contribution is 5.75. The van der Waals surface area contributed by atoms with Gasteiger partial charge in [0.25, 0.3) is 0 Å². The molecule has 2 rings (SSSR count). The molecule has 0 bridgehead atoms. The van der Waals surface area contributed by atoms with Crippen molar-refractivity contribution in [2.75, 3.05) is 13.1 Å². The number of aryl methyl sites for hydroxylation is 1. The molecule has 0 amide bonds. The molecule has 0 unspecified atom stereocenters. The maximum atomic E-state index is 10.9. The Morgan fingerprint density at radius 3 is 2.65 bits per heavy atom. The molecule has 1 aromatic heterocycles. The van der Waals surface area contributed by atoms with E-state index in [0.717, 1.165) is 37.2 Å². The third kappa shape index (κ3) is 2.94. The van der Waals surface area contributed by atoms with Gasteiger partial charge in [-0.1, -0.05) is 13.8 Å². The lowest BCUT2D eigenvalue weighted by atomic mass is 9.82. The predicted molar refractivity (Wildman–Crippen MR) is 66.9 cm³/mol. The van der Waals surface area contributed by atoms with Gasteiger partial charge in [0.1, 0.15) is 0 Å². The van der Waals surface area contributed by atoms with Gasteiger partial charge in [0.2, 0.25) is 0 Å². The molecule has 1 aliphatic rings. The van der Waals surface area contributed by atoms with Gasteiger partial charge in [-0.2, -0.15) is 5.10 Å². The number of aldehydes is 1. The van der Waals surface area contributed by atoms with E-state index in [0.29, 0.717) is 5.41 Å². The molecule has 1 aliphatic heterocycles. The van der Waals surface area contributed by atoms with Gasteiger partial charge in [0, 0.05) is 19.8 Å². The Kier molecular flexibility index (Phi) is 3.33. The van der Waals surface area contributed by atoms with Crippen LogP contribution in [0.1, 0.15) is 42.7 Å². The van der Waals surface area contributed by atoms with E-state index < -0.39 is 0 Å². The maximum Gasteiger partial charge on any atom is 0.153 e. The van der Waals surface area contributed by atoms with Crippen LogP contribution < -0.4 is 0 Å². The van der Waals surface area contributed by atoms with Crippen LogP contribution in [0.4, 0.5) is 0 Å². The zero-order chi connectivity index (χ0) is 12.5. The van der Waals surface area contributed by atoms with Gasteiger partial charge >= 0.3 is 0 Å². The highest BCUT2D eigenvalue weighted by atomic mass is 16.1. The Labute approximate surface area is 103 Å². The fourth-order valence-electron chi connectivity index (χ4n) is 2.30. The summed E-state index contributed by atoms with van der Waals surface area (Å²) in [5.41, 5.74) is 2.09. The largest absolute Gasteiger partial charge is 0.298 e.